The first-order valence-electron chi connectivity index (χ1n) is 8.91. The van der Waals surface area contributed by atoms with Crippen molar-refractivity contribution in [2.24, 2.45) is 0 Å². The lowest BCUT2D eigenvalue weighted by Crippen LogP contribution is -2.51. The van der Waals surface area contributed by atoms with Gasteiger partial charge in [0.15, 0.2) is 5.82 Å². The minimum Gasteiger partial charge on any atom is -0.353 e. The summed E-state index contributed by atoms with van der Waals surface area (Å²) in [7, 11) is 1.86. The van der Waals surface area contributed by atoms with Gasteiger partial charge < -0.3 is 15.1 Å². The first-order valence-corrected chi connectivity index (χ1v) is 9.29. The number of carbonyl (C=O) groups excluding carboxylic acids is 1. The summed E-state index contributed by atoms with van der Waals surface area (Å²) < 4.78 is 0. The molecule has 0 radical (unpaired) electrons. The highest BCUT2D eigenvalue weighted by Gasteiger charge is 2.26. The van der Waals surface area contributed by atoms with E-state index in [0.717, 1.165) is 48.8 Å². The number of benzene rings is 1. The molecular weight excluding hydrogens is 350 g/mol. The Hall–Kier alpha value is -2.34. The number of carbonyl (C=O) groups is 1. The van der Waals surface area contributed by atoms with Crippen LogP contribution in [0.5, 0.6) is 0 Å². The SMILES string of the molecule is CN(C(=O)NCCc1ccc(Cl)cc1)[C@@H]1CCCN(c2cccnn2)C1. The summed E-state index contributed by atoms with van der Waals surface area (Å²) in [5.74, 6) is 0.869. The van der Waals surface area contributed by atoms with Gasteiger partial charge in [-0.2, -0.15) is 5.10 Å². The van der Waals surface area contributed by atoms with Crippen LogP contribution >= 0.6 is 11.6 Å². The Labute approximate surface area is 159 Å². The van der Waals surface area contributed by atoms with Gasteiger partial charge in [-0.05, 0) is 49.1 Å². The largest absolute Gasteiger partial charge is 0.353 e. The second-order valence-electron chi connectivity index (χ2n) is 6.54. The number of rotatable bonds is 5. The van der Waals surface area contributed by atoms with E-state index in [1.807, 2.05) is 48.3 Å². The van der Waals surface area contributed by atoms with Gasteiger partial charge in [0.25, 0.3) is 0 Å². The molecule has 0 saturated carbocycles. The number of aromatic nitrogens is 2. The molecule has 6 nitrogen and oxygen atoms in total. The van der Waals surface area contributed by atoms with E-state index in [0.29, 0.717) is 6.54 Å². The van der Waals surface area contributed by atoms with E-state index in [1.54, 1.807) is 6.20 Å². The summed E-state index contributed by atoms with van der Waals surface area (Å²) >= 11 is 5.89. The molecule has 1 aliphatic heterocycles. The molecule has 2 aromatic rings. The van der Waals surface area contributed by atoms with Gasteiger partial charge in [-0.15, -0.1) is 5.10 Å². The lowest BCUT2D eigenvalue weighted by molar-refractivity contribution is 0.182. The molecule has 26 heavy (non-hydrogen) atoms. The van der Waals surface area contributed by atoms with E-state index in [2.05, 4.69) is 20.4 Å². The maximum absolute atomic E-state index is 12.5. The molecule has 1 N–H and O–H groups in total. The van der Waals surface area contributed by atoms with Gasteiger partial charge in [-0.1, -0.05) is 23.7 Å². The normalized spacial score (nSPS) is 17.0. The fourth-order valence-electron chi connectivity index (χ4n) is 3.20. The third-order valence-electron chi connectivity index (χ3n) is 4.75. The van der Waals surface area contributed by atoms with Crippen LogP contribution in [0, 0.1) is 0 Å². The van der Waals surface area contributed by atoms with Crippen molar-refractivity contribution in [1.82, 2.24) is 20.4 Å². The van der Waals surface area contributed by atoms with E-state index in [1.165, 1.54) is 0 Å². The maximum Gasteiger partial charge on any atom is 0.317 e. The summed E-state index contributed by atoms with van der Waals surface area (Å²) in [6.45, 7) is 2.33. The molecule has 1 aromatic carbocycles. The van der Waals surface area contributed by atoms with E-state index in [9.17, 15) is 4.79 Å². The van der Waals surface area contributed by atoms with Crippen LogP contribution in [0.15, 0.2) is 42.6 Å². The van der Waals surface area contributed by atoms with Gasteiger partial charge in [-0.3, -0.25) is 0 Å². The number of piperidine rings is 1. The van der Waals surface area contributed by atoms with Gasteiger partial charge in [0, 0.05) is 37.9 Å². The predicted octanol–water partition coefficient (Wildman–Crippen LogP) is 2.98. The molecule has 2 amide bonds. The van der Waals surface area contributed by atoms with Crippen LogP contribution in [-0.2, 0) is 6.42 Å². The number of amides is 2. The van der Waals surface area contributed by atoms with Gasteiger partial charge in [0.2, 0.25) is 0 Å². The van der Waals surface area contributed by atoms with Gasteiger partial charge in [-0.25, -0.2) is 4.79 Å². The Morgan fingerprint density at radius 3 is 2.88 bits per heavy atom. The van der Waals surface area contributed by atoms with Gasteiger partial charge in [0.05, 0.1) is 6.04 Å². The van der Waals surface area contributed by atoms with Gasteiger partial charge >= 0.3 is 6.03 Å². The van der Waals surface area contributed by atoms with Crippen LogP contribution in [0.1, 0.15) is 18.4 Å². The van der Waals surface area contributed by atoms with Crippen LogP contribution < -0.4 is 10.2 Å². The van der Waals surface area contributed by atoms with Crippen molar-refractivity contribution >= 4 is 23.4 Å². The van der Waals surface area contributed by atoms with E-state index < -0.39 is 0 Å². The third kappa shape index (κ3) is 4.85. The molecule has 1 fully saturated rings. The maximum atomic E-state index is 12.5. The molecule has 7 heteroatoms. The number of anilines is 1. The Balaban J connectivity index is 1.48. The average Bonchev–Trinajstić information content (AvgIpc) is 2.69. The van der Waals surface area contributed by atoms with Crippen molar-refractivity contribution in [2.45, 2.75) is 25.3 Å². The number of hydrogen-bond donors (Lipinski definition) is 1. The van der Waals surface area contributed by atoms with Crippen molar-refractivity contribution in [3.05, 3.63) is 53.2 Å². The summed E-state index contributed by atoms with van der Waals surface area (Å²) in [4.78, 5) is 16.5. The molecule has 2 heterocycles. The van der Waals surface area contributed by atoms with Crippen LogP contribution in [0.3, 0.4) is 0 Å². The van der Waals surface area contributed by atoms with Crippen LogP contribution in [0.25, 0.3) is 0 Å². The summed E-state index contributed by atoms with van der Waals surface area (Å²) in [5.41, 5.74) is 1.16. The minimum atomic E-state index is -0.0371. The highest BCUT2D eigenvalue weighted by molar-refractivity contribution is 6.30. The lowest BCUT2D eigenvalue weighted by atomic mass is 10.0. The topological polar surface area (TPSA) is 61.4 Å². The molecule has 1 saturated heterocycles. The lowest BCUT2D eigenvalue weighted by Gasteiger charge is -2.37. The number of urea groups is 1. The van der Waals surface area contributed by atoms with Crippen molar-refractivity contribution in [2.75, 3.05) is 31.6 Å². The van der Waals surface area contributed by atoms with E-state index in [4.69, 9.17) is 11.6 Å². The zero-order valence-corrected chi connectivity index (χ0v) is 15.7. The quantitative estimate of drug-likeness (QED) is 0.875. The van der Waals surface area contributed by atoms with Crippen LogP contribution in [0.2, 0.25) is 5.02 Å². The number of nitrogens with zero attached hydrogens (tertiary/aromatic N) is 4. The first kappa shape index (κ1) is 18.5. The molecule has 1 atom stereocenters. The van der Waals surface area contributed by atoms with Gasteiger partial charge in [0.1, 0.15) is 0 Å². The Kier molecular flexibility index (Phi) is 6.28. The first-order chi connectivity index (χ1) is 12.6. The van der Waals surface area contributed by atoms with Crippen molar-refractivity contribution in [3.8, 4) is 0 Å². The fraction of sp³-hybridized carbons (Fsp3) is 0.421. The molecule has 0 spiro atoms. The molecule has 3 rings (SSSR count). The van der Waals surface area contributed by atoms with Crippen LogP contribution in [-0.4, -0.2) is 53.9 Å². The molecule has 138 valence electrons. The summed E-state index contributed by atoms with van der Waals surface area (Å²) in [6.07, 6.45) is 4.49. The van der Waals surface area contributed by atoms with Crippen molar-refractivity contribution in [1.29, 1.82) is 0 Å². The summed E-state index contributed by atoms with van der Waals surface area (Å²) in [6, 6.07) is 11.7. The zero-order valence-electron chi connectivity index (χ0n) is 14.9. The predicted molar refractivity (Wildman–Crippen MR) is 104 cm³/mol. The standard InChI is InChI=1S/C19H24ClN5O/c1-24(19(26)21-12-10-15-6-8-16(20)9-7-15)17-4-3-13-25(14-17)18-5-2-11-22-23-18/h2,5-9,11,17H,3-4,10,12-14H2,1H3,(H,21,26)/t17-/m1/s1. The van der Waals surface area contributed by atoms with E-state index >= 15 is 0 Å². The fourth-order valence-corrected chi connectivity index (χ4v) is 3.32. The molecular formula is C19H24ClN5O. The second kappa shape index (κ2) is 8.85. The van der Waals surface area contributed by atoms with E-state index in [-0.39, 0.29) is 12.1 Å². The Morgan fingerprint density at radius 2 is 2.15 bits per heavy atom. The highest BCUT2D eigenvalue weighted by atomic mass is 35.5. The Morgan fingerprint density at radius 1 is 1.35 bits per heavy atom. The third-order valence-corrected chi connectivity index (χ3v) is 5.00. The monoisotopic (exact) mass is 373 g/mol. The second-order valence-corrected chi connectivity index (χ2v) is 6.98. The van der Waals surface area contributed by atoms with Crippen LogP contribution in [0.4, 0.5) is 10.6 Å². The summed E-state index contributed by atoms with van der Waals surface area (Å²) in [5, 5.41) is 11.9. The smallest absolute Gasteiger partial charge is 0.317 e. The zero-order chi connectivity index (χ0) is 18.4. The molecule has 0 bridgehead atoms. The van der Waals surface area contributed by atoms with Crippen molar-refractivity contribution < 1.29 is 4.79 Å². The number of hydrogen-bond acceptors (Lipinski definition) is 4. The molecule has 1 aliphatic rings. The average molecular weight is 374 g/mol. The Bertz CT molecular complexity index is 710. The molecule has 0 aliphatic carbocycles. The molecule has 0 unspecified atom stereocenters. The molecule has 1 aromatic heterocycles. The number of nitrogens with one attached hydrogen (secondary N) is 1. The number of halogens is 1. The van der Waals surface area contributed by atoms with Crippen molar-refractivity contribution in [3.63, 3.8) is 0 Å². The highest BCUT2D eigenvalue weighted by Crippen LogP contribution is 2.19. The minimum absolute atomic E-state index is 0.0371. The number of likely N-dealkylation sites (N-methyl/N-ethyl adjacent to an activating group) is 1.